The molecule has 96 valence electrons. The molecule has 0 unspecified atom stereocenters. The second-order valence-electron chi connectivity index (χ2n) is 3.91. The minimum Gasteiger partial charge on any atom is -0.372 e. The van der Waals surface area contributed by atoms with Gasteiger partial charge in [-0.25, -0.2) is 14.4 Å². The Hall–Kier alpha value is -1.53. The van der Waals surface area contributed by atoms with Crippen molar-refractivity contribution in [3.05, 3.63) is 39.9 Å². The third kappa shape index (κ3) is 2.21. The van der Waals surface area contributed by atoms with Crippen LogP contribution < -0.4 is 5.32 Å². The van der Waals surface area contributed by atoms with Crippen LogP contribution in [0, 0.1) is 5.82 Å². The molecule has 0 saturated heterocycles. The van der Waals surface area contributed by atoms with Crippen molar-refractivity contribution >= 4 is 43.3 Å². The number of nitrogens with one attached hydrogen (secondary N) is 1. The Balaban J connectivity index is 2.24. The van der Waals surface area contributed by atoms with E-state index in [1.54, 1.807) is 19.2 Å². The van der Waals surface area contributed by atoms with Gasteiger partial charge in [-0.3, -0.25) is 0 Å². The van der Waals surface area contributed by atoms with Gasteiger partial charge in [0.05, 0.1) is 10.9 Å². The second-order valence-corrected chi connectivity index (χ2v) is 5.72. The first kappa shape index (κ1) is 12.5. The first-order valence-electron chi connectivity index (χ1n) is 5.57. The van der Waals surface area contributed by atoms with Gasteiger partial charge in [-0.05, 0) is 29.6 Å². The fraction of sp³-hybridized carbons (Fsp3) is 0.0769. The first-order chi connectivity index (χ1) is 9.19. The predicted molar refractivity (Wildman–Crippen MR) is 80.1 cm³/mol. The average molecular weight is 338 g/mol. The van der Waals surface area contributed by atoms with Gasteiger partial charge >= 0.3 is 0 Å². The van der Waals surface area contributed by atoms with Crippen LogP contribution in [-0.2, 0) is 0 Å². The second kappa shape index (κ2) is 4.86. The summed E-state index contributed by atoms with van der Waals surface area (Å²) in [7, 11) is 1.79. The van der Waals surface area contributed by atoms with E-state index in [9.17, 15) is 4.39 Å². The van der Waals surface area contributed by atoms with Crippen LogP contribution in [0.2, 0.25) is 0 Å². The highest BCUT2D eigenvalue weighted by Crippen LogP contribution is 2.29. The van der Waals surface area contributed by atoms with Gasteiger partial charge in [0.1, 0.15) is 16.5 Å². The molecule has 0 atom stereocenters. The molecule has 0 fully saturated rings. The topological polar surface area (TPSA) is 37.8 Å². The van der Waals surface area contributed by atoms with Crippen LogP contribution in [0.25, 0.3) is 21.6 Å². The Bertz CT molecular complexity index is 757. The fourth-order valence-corrected chi connectivity index (χ4v) is 2.93. The molecule has 19 heavy (non-hydrogen) atoms. The van der Waals surface area contributed by atoms with Crippen LogP contribution in [0.4, 0.5) is 10.2 Å². The largest absolute Gasteiger partial charge is 0.372 e. The van der Waals surface area contributed by atoms with Crippen molar-refractivity contribution in [2.24, 2.45) is 0 Å². The molecule has 3 nitrogen and oxygen atoms in total. The van der Waals surface area contributed by atoms with Gasteiger partial charge in [0.2, 0.25) is 0 Å². The van der Waals surface area contributed by atoms with Crippen LogP contribution in [0.1, 0.15) is 0 Å². The number of fused-ring (bicyclic) bond motifs is 1. The maximum Gasteiger partial charge on any atom is 0.166 e. The molecule has 2 aromatic heterocycles. The Kier molecular flexibility index (Phi) is 3.20. The molecule has 0 aliphatic carbocycles. The summed E-state index contributed by atoms with van der Waals surface area (Å²) < 4.78 is 14.7. The minimum atomic E-state index is -0.340. The molecule has 0 bridgehead atoms. The number of aromatic nitrogens is 2. The highest BCUT2D eigenvalue weighted by molar-refractivity contribution is 9.10. The van der Waals surface area contributed by atoms with E-state index in [4.69, 9.17) is 0 Å². The summed E-state index contributed by atoms with van der Waals surface area (Å²) in [5, 5.41) is 5.92. The lowest BCUT2D eigenvalue weighted by molar-refractivity contribution is 0.629. The van der Waals surface area contributed by atoms with Crippen LogP contribution in [0.15, 0.2) is 34.1 Å². The van der Waals surface area contributed by atoms with Gasteiger partial charge in [-0.1, -0.05) is 15.9 Å². The van der Waals surface area contributed by atoms with Crippen LogP contribution in [0.5, 0.6) is 0 Å². The first-order valence-corrected chi connectivity index (χ1v) is 7.24. The quantitative estimate of drug-likeness (QED) is 0.757. The van der Waals surface area contributed by atoms with E-state index in [0.29, 0.717) is 21.7 Å². The number of rotatable bonds is 2. The molecule has 0 amide bonds. The van der Waals surface area contributed by atoms with Crippen LogP contribution in [-0.4, -0.2) is 17.0 Å². The Morgan fingerprint density at radius 2 is 2.11 bits per heavy atom. The van der Waals surface area contributed by atoms with Gasteiger partial charge in [-0.2, -0.15) is 0 Å². The SMILES string of the molecule is CNc1nc(-c2ccc(Br)cc2F)nc2sccc12. The van der Waals surface area contributed by atoms with E-state index in [-0.39, 0.29) is 5.82 Å². The number of nitrogens with zero attached hydrogens (tertiary/aromatic N) is 2. The Labute approximate surface area is 121 Å². The third-order valence-corrected chi connectivity index (χ3v) is 4.03. The van der Waals surface area contributed by atoms with E-state index in [0.717, 1.165) is 10.2 Å². The summed E-state index contributed by atoms with van der Waals surface area (Å²) in [6.45, 7) is 0. The highest BCUT2D eigenvalue weighted by Gasteiger charge is 2.13. The van der Waals surface area contributed by atoms with E-state index in [2.05, 4.69) is 31.2 Å². The van der Waals surface area contributed by atoms with Crippen molar-refractivity contribution in [3.8, 4) is 11.4 Å². The maximum absolute atomic E-state index is 14.0. The summed E-state index contributed by atoms with van der Waals surface area (Å²) in [6, 6.07) is 6.82. The molecule has 0 saturated carbocycles. The zero-order valence-electron chi connectivity index (χ0n) is 9.95. The molecule has 0 aliphatic rings. The van der Waals surface area contributed by atoms with Crippen molar-refractivity contribution < 1.29 is 4.39 Å². The normalized spacial score (nSPS) is 10.9. The van der Waals surface area contributed by atoms with Crippen molar-refractivity contribution in [1.29, 1.82) is 0 Å². The van der Waals surface area contributed by atoms with Gasteiger partial charge in [-0.15, -0.1) is 11.3 Å². The van der Waals surface area contributed by atoms with Gasteiger partial charge in [0.25, 0.3) is 0 Å². The minimum absolute atomic E-state index is 0.340. The summed E-state index contributed by atoms with van der Waals surface area (Å²) in [6.07, 6.45) is 0. The zero-order valence-corrected chi connectivity index (χ0v) is 12.3. The molecule has 1 N–H and O–H groups in total. The lowest BCUT2D eigenvalue weighted by atomic mass is 10.2. The molecule has 3 rings (SSSR count). The lowest BCUT2D eigenvalue weighted by Crippen LogP contribution is -1.98. The molecule has 6 heteroatoms. The van der Waals surface area contributed by atoms with Crippen molar-refractivity contribution in [2.75, 3.05) is 12.4 Å². The van der Waals surface area contributed by atoms with Crippen molar-refractivity contribution in [2.45, 2.75) is 0 Å². The molecule has 1 aromatic carbocycles. The lowest BCUT2D eigenvalue weighted by Gasteiger charge is -2.06. The summed E-state index contributed by atoms with van der Waals surface area (Å²) in [4.78, 5) is 9.64. The van der Waals surface area contributed by atoms with Crippen molar-refractivity contribution in [3.63, 3.8) is 0 Å². The number of hydrogen-bond acceptors (Lipinski definition) is 4. The average Bonchev–Trinajstić information content (AvgIpc) is 2.85. The van der Waals surface area contributed by atoms with E-state index < -0.39 is 0 Å². The van der Waals surface area contributed by atoms with E-state index in [1.807, 2.05) is 11.4 Å². The summed E-state index contributed by atoms with van der Waals surface area (Å²) >= 11 is 4.75. The monoisotopic (exact) mass is 337 g/mol. The standard InChI is InChI=1S/C13H9BrFN3S/c1-16-11-9-4-5-19-13(9)18-12(17-11)8-3-2-7(14)6-10(8)15/h2-6H,1H3,(H,16,17,18). The van der Waals surface area contributed by atoms with E-state index in [1.165, 1.54) is 17.4 Å². The maximum atomic E-state index is 14.0. The van der Waals surface area contributed by atoms with Crippen molar-refractivity contribution in [1.82, 2.24) is 9.97 Å². The molecule has 0 aliphatic heterocycles. The summed E-state index contributed by atoms with van der Waals surface area (Å²) in [5.41, 5.74) is 0.398. The fourth-order valence-electron chi connectivity index (χ4n) is 1.84. The number of halogens is 2. The highest BCUT2D eigenvalue weighted by atomic mass is 79.9. The predicted octanol–water partition coefficient (Wildman–Crippen LogP) is 4.30. The van der Waals surface area contributed by atoms with E-state index >= 15 is 0 Å². The Morgan fingerprint density at radius 1 is 1.26 bits per heavy atom. The van der Waals surface area contributed by atoms with Crippen LogP contribution in [0.3, 0.4) is 0 Å². The smallest absolute Gasteiger partial charge is 0.166 e. The molecule has 0 spiro atoms. The molecule has 3 aromatic rings. The molecular weight excluding hydrogens is 329 g/mol. The number of thiophene rings is 1. The molecule has 2 heterocycles. The van der Waals surface area contributed by atoms with Gasteiger partial charge < -0.3 is 5.32 Å². The van der Waals surface area contributed by atoms with Gasteiger partial charge in [0, 0.05) is 11.5 Å². The number of anilines is 1. The molecular formula is C13H9BrFN3S. The zero-order chi connectivity index (χ0) is 13.4. The van der Waals surface area contributed by atoms with Gasteiger partial charge in [0.15, 0.2) is 5.82 Å². The third-order valence-electron chi connectivity index (χ3n) is 2.73. The number of benzene rings is 1. The Morgan fingerprint density at radius 3 is 2.84 bits per heavy atom. The van der Waals surface area contributed by atoms with Crippen LogP contribution >= 0.6 is 27.3 Å². The molecule has 0 radical (unpaired) electrons. The summed E-state index contributed by atoms with van der Waals surface area (Å²) in [5.74, 6) is 0.764. The number of hydrogen-bond donors (Lipinski definition) is 1.